The van der Waals surface area contributed by atoms with Crippen LogP contribution in [0.3, 0.4) is 0 Å². The van der Waals surface area contributed by atoms with Crippen LogP contribution in [0.25, 0.3) is 0 Å². The predicted molar refractivity (Wildman–Crippen MR) is 106 cm³/mol. The van der Waals surface area contributed by atoms with Crippen LogP contribution in [-0.2, 0) is 14.3 Å². The van der Waals surface area contributed by atoms with E-state index in [1.165, 1.54) is 33.5 Å². The molecular weight excluding hydrogens is 400 g/mol. The first-order chi connectivity index (χ1) is 13.9. The molecule has 2 aromatic carbocycles. The molecule has 0 fully saturated rings. The van der Waals surface area contributed by atoms with Gasteiger partial charge in [0.25, 0.3) is 11.8 Å². The molecule has 0 saturated heterocycles. The van der Waals surface area contributed by atoms with Crippen molar-refractivity contribution in [2.45, 2.75) is 0 Å². The molecule has 150 valence electrons. The monoisotopic (exact) mass is 416 g/mol. The summed E-state index contributed by atoms with van der Waals surface area (Å²) >= 11 is 6.17. The molecule has 1 heterocycles. The van der Waals surface area contributed by atoms with Gasteiger partial charge in [-0.25, -0.2) is 9.69 Å². The van der Waals surface area contributed by atoms with Crippen molar-refractivity contribution in [3.8, 4) is 11.5 Å². The lowest BCUT2D eigenvalue weighted by Crippen LogP contribution is -2.33. The first kappa shape index (κ1) is 20.2. The molecule has 0 atom stereocenters. The molecule has 2 aromatic rings. The molecule has 0 unspecified atom stereocenters. The number of esters is 1. The normalized spacial score (nSPS) is 13.6. The van der Waals surface area contributed by atoms with Crippen molar-refractivity contribution in [3.63, 3.8) is 0 Å². The van der Waals surface area contributed by atoms with Gasteiger partial charge in [0.05, 0.1) is 38.3 Å². The highest BCUT2D eigenvalue weighted by Gasteiger charge is 2.40. The van der Waals surface area contributed by atoms with Crippen LogP contribution >= 0.6 is 11.6 Å². The number of imide groups is 1. The van der Waals surface area contributed by atoms with Crippen LogP contribution in [0.2, 0.25) is 0 Å². The van der Waals surface area contributed by atoms with Crippen molar-refractivity contribution in [2.75, 3.05) is 31.5 Å². The Morgan fingerprint density at radius 3 is 2.38 bits per heavy atom. The third-order valence-electron chi connectivity index (χ3n) is 4.24. The molecule has 0 aliphatic carbocycles. The minimum Gasteiger partial charge on any atom is -0.497 e. The van der Waals surface area contributed by atoms with E-state index >= 15 is 0 Å². The Morgan fingerprint density at radius 2 is 1.72 bits per heavy atom. The van der Waals surface area contributed by atoms with Gasteiger partial charge in [-0.1, -0.05) is 23.7 Å². The SMILES string of the molecule is COC(=O)c1ccccc1N1C(=O)C(Cl)=C(Nc2cc(OC)ccc2OC)C1=O. The number of amides is 2. The number of hydrogen-bond acceptors (Lipinski definition) is 7. The molecular formula is C20H17ClN2O6. The number of hydrogen-bond donors (Lipinski definition) is 1. The number of carbonyl (C=O) groups excluding carboxylic acids is 3. The first-order valence-electron chi connectivity index (χ1n) is 8.37. The van der Waals surface area contributed by atoms with Gasteiger partial charge in [-0.15, -0.1) is 0 Å². The highest BCUT2D eigenvalue weighted by molar-refractivity contribution is 6.53. The van der Waals surface area contributed by atoms with Crippen LogP contribution in [0.15, 0.2) is 53.2 Å². The molecule has 3 rings (SSSR count). The Kier molecular flexibility index (Phi) is 5.74. The van der Waals surface area contributed by atoms with E-state index in [0.717, 1.165) is 4.90 Å². The molecule has 29 heavy (non-hydrogen) atoms. The number of methoxy groups -OCH3 is 3. The summed E-state index contributed by atoms with van der Waals surface area (Å²) in [7, 11) is 4.16. The molecule has 1 aliphatic heterocycles. The van der Waals surface area contributed by atoms with Crippen LogP contribution in [-0.4, -0.2) is 39.1 Å². The number of anilines is 2. The topological polar surface area (TPSA) is 94.2 Å². The van der Waals surface area contributed by atoms with Crippen molar-refractivity contribution >= 4 is 40.8 Å². The van der Waals surface area contributed by atoms with Crippen LogP contribution < -0.4 is 19.7 Å². The summed E-state index contributed by atoms with van der Waals surface area (Å²) in [5.41, 5.74) is 0.357. The molecule has 0 aromatic heterocycles. The highest BCUT2D eigenvalue weighted by atomic mass is 35.5. The van der Waals surface area contributed by atoms with Crippen LogP contribution in [0, 0.1) is 0 Å². The summed E-state index contributed by atoms with van der Waals surface area (Å²) in [5.74, 6) is -1.25. The van der Waals surface area contributed by atoms with Crippen molar-refractivity contribution in [1.29, 1.82) is 0 Å². The van der Waals surface area contributed by atoms with E-state index < -0.39 is 17.8 Å². The fourth-order valence-electron chi connectivity index (χ4n) is 2.83. The van der Waals surface area contributed by atoms with Crippen LogP contribution in [0.5, 0.6) is 11.5 Å². The molecule has 8 nitrogen and oxygen atoms in total. The summed E-state index contributed by atoms with van der Waals surface area (Å²) in [6.45, 7) is 0. The van der Waals surface area contributed by atoms with Gasteiger partial charge < -0.3 is 19.5 Å². The maximum absolute atomic E-state index is 13.0. The number of ether oxygens (including phenoxy) is 3. The van der Waals surface area contributed by atoms with E-state index in [0.29, 0.717) is 17.2 Å². The van der Waals surface area contributed by atoms with Crippen LogP contribution in [0.4, 0.5) is 11.4 Å². The summed E-state index contributed by atoms with van der Waals surface area (Å²) in [4.78, 5) is 38.6. The number of nitrogens with zero attached hydrogens (tertiary/aromatic N) is 1. The van der Waals surface area contributed by atoms with Crippen LogP contribution in [0.1, 0.15) is 10.4 Å². The predicted octanol–water partition coefficient (Wildman–Crippen LogP) is 2.93. The standard InChI is InChI=1S/C20H17ClN2O6/c1-27-11-8-9-15(28-2)13(10-11)22-17-16(21)18(24)23(19(17)25)14-7-5-4-6-12(14)20(26)29-3/h4-10,22H,1-3H3. The number of benzene rings is 2. The number of nitrogens with one attached hydrogen (secondary N) is 1. The second-order valence-electron chi connectivity index (χ2n) is 5.83. The smallest absolute Gasteiger partial charge is 0.339 e. The Balaban J connectivity index is 2.00. The quantitative estimate of drug-likeness (QED) is 0.571. The zero-order valence-corrected chi connectivity index (χ0v) is 16.6. The molecule has 9 heteroatoms. The lowest BCUT2D eigenvalue weighted by atomic mass is 10.1. The summed E-state index contributed by atoms with van der Waals surface area (Å²) < 4.78 is 15.2. The summed E-state index contributed by atoms with van der Waals surface area (Å²) in [6.07, 6.45) is 0. The molecule has 0 saturated carbocycles. The van der Waals surface area contributed by atoms with E-state index in [1.54, 1.807) is 30.3 Å². The molecule has 1 N–H and O–H groups in total. The van der Waals surface area contributed by atoms with Gasteiger partial charge in [0.2, 0.25) is 0 Å². The second kappa shape index (κ2) is 8.24. The Hall–Kier alpha value is -3.52. The third-order valence-corrected chi connectivity index (χ3v) is 4.59. The number of rotatable bonds is 6. The number of carbonyl (C=O) groups is 3. The first-order valence-corrected chi connectivity index (χ1v) is 8.75. The molecule has 0 spiro atoms. The van der Waals surface area contributed by atoms with E-state index in [-0.39, 0.29) is 22.0 Å². The molecule has 0 bridgehead atoms. The fourth-order valence-corrected chi connectivity index (χ4v) is 3.04. The summed E-state index contributed by atoms with van der Waals surface area (Å²) in [5, 5.41) is 2.52. The van der Waals surface area contributed by atoms with Crippen molar-refractivity contribution < 1.29 is 28.6 Å². The minimum absolute atomic E-state index is 0.0568. The highest BCUT2D eigenvalue weighted by Crippen LogP contribution is 2.35. The maximum atomic E-state index is 13.0. The van der Waals surface area contributed by atoms with Gasteiger partial charge in [0.15, 0.2) is 0 Å². The Bertz CT molecular complexity index is 1030. The third kappa shape index (κ3) is 3.62. The number of halogens is 1. The van der Waals surface area contributed by atoms with Crippen molar-refractivity contribution in [1.82, 2.24) is 0 Å². The molecule has 0 radical (unpaired) electrons. The van der Waals surface area contributed by atoms with E-state index in [9.17, 15) is 14.4 Å². The Morgan fingerprint density at radius 1 is 1.00 bits per heavy atom. The average Bonchev–Trinajstić information content (AvgIpc) is 2.96. The van der Waals surface area contributed by atoms with Gasteiger partial charge in [-0.3, -0.25) is 9.59 Å². The average molecular weight is 417 g/mol. The van der Waals surface area contributed by atoms with Gasteiger partial charge in [0, 0.05) is 6.07 Å². The van der Waals surface area contributed by atoms with Gasteiger partial charge >= 0.3 is 5.97 Å². The number of para-hydroxylation sites is 1. The minimum atomic E-state index is -0.766. The van der Waals surface area contributed by atoms with E-state index in [4.69, 9.17) is 25.8 Å². The molecule has 1 aliphatic rings. The lowest BCUT2D eigenvalue weighted by Gasteiger charge is -2.18. The maximum Gasteiger partial charge on any atom is 0.339 e. The van der Waals surface area contributed by atoms with Crippen molar-refractivity contribution in [3.05, 3.63) is 58.8 Å². The lowest BCUT2D eigenvalue weighted by molar-refractivity contribution is -0.120. The largest absolute Gasteiger partial charge is 0.497 e. The second-order valence-corrected chi connectivity index (χ2v) is 6.21. The zero-order valence-electron chi connectivity index (χ0n) is 15.8. The van der Waals surface area contributed by atoms with Gasteiger partial charge in [-0.2, -0.15) is 0 Å². The Labute approximate surface area is 171 Å². The summed E-state index contributed by atoms with van der Waals surface area (Å²) in [6, 6.07) is 11.0. The fraction of sp³-hybridized carbons (Fsp3) is 0.150. The van der Waals surface area contributed by atoms with Crippen molar-refractivity contribution in [2.24, 2.45) is 0 Å². The zero-order chi connectivity index (χ0) is 21.1. The van der Waals surface area contributed by atoms with Gasteiger partial charge in [0.1, 0.15) is 22.2 Å². The molecule has 2 amide bonds. The van der Waals surface area contributed by atoms with E-state index in [2.05, 4.69) is 5.32 Å². The van der Waals surface area contributed by atoms with Gasteiger partial charge in [-0.05, 0) is 24.3 Å². The van der Waals surface area contributed by atoms with E-state index in [1.807, 2.05) is 0 Å².